The molecule has 0 aliphatic carbocycles. The molecule has 0 bridgehead atoms. The maximum atomic E-state index is 6.47. The van der Waals surface area contributed by atoms with Crippen molar-refractivity contribution in [2.45, 2.75) is 26.2 Å². The van der Waals surface area contributed by atoms with Gasteiger partial charge >= 0.3 is 0 Å². The normalized spacial score (nSPS) is 12.5. The van der Waals surface area contributed by atoms with Crippen LogP contribution in [-0.2, 0) is 5.41 Å². The van der Waals surface area contributed by atoms with Gasteiger partial charge in [-0.05, 0) is 64.2 Å². The highest BCUT2D eigenvalue weighted by Gasteiger charge is 2.21. The molecule has 4 aromatic carbocycles. The van der Waals surface area contributed by atoms with Crippen molar-refractivity contribution in [3.05, 3.63) is 109 Å². The fourth-order valence-corrected chi connectivity index (χ4v) is 6.07. The third-order valence-corrected chi connectivity index (χ3v) is 7.81. The SMILES string of the molecule is CC(C)(C)c1cccc2c3ccc(Oc4ccc5c6ccccc6n6ccnc6c5c4)cc3c3nccn3c12. The summed E-state index contributed by atoms with van der Waals surface area (Å²) < 4.78 is 10.8. The average Bonchev–Trinajstić information content (AvgIpc) is 3.63. The molecule has 0 aliphatic heterocycles. The molecule has 5 heteroatoms. The van der Waals surface area contributed by atoms with Crippen LogP contribution in [0.5, 0.6) is 11.5 Å². The minimum atomic E-state index is 0.00904. The van der Waals surface area contributed by atoms with Gasteiger partial charge in [-0.3, -0.25) is 8.80 Å². The zero-order chi connectivity index (χ0) is 26.3. The molecule has 0 unspecified atom stereocenters. The molecule has 39 heavy (non-hydrogen) atoms. The summed E-state index contributed by atoms with van der Waals surface area (Å²) in [4.78, 5) is 9.43. The topological polar surface area (TPSA) is 43.8 Å². The summed E-state index contributed by atoms with van der Waals surface area (Å²) in [6, 6.07) is 27.6. The molecule has 0 saturated heterocycles. The van der Waals surface area contributed by atoms with Gasteiger partial charge in [-0.15, -0.1) is 0 Å². The Hall–Kier alpha value is -4.90. The molecule has 8 rings (SSSR count). The number of ether oxygens (including phenoxy) is 1. The van der Waals surface area contributed by atoms with Crippen molar-refractivity contribution in [3.63, 3.8) is 0 Å². The summed E-state index contributed by atoms with van der Waals surface area (Å²) in [6.07, 6.45) is 7.80. The monoisotopic (exact) mass is 506 g/mol. The van der Waals surface area contributed by atoms with E-state index in [0.29, 0.717) is 0 Å². The molecule has 4 heterocycles. The molecular formula is C34H26N4O. The Kier molecular flexibility index (Phi) is 4.43. The molecule has 0 N–H and O–H groups in total. The number of hydrogen-bond donors (Lipinski definition) is 0. The van der Waals surface area contributed by atoms with Crippen LogP contribution in [0.1, 0.15) is 26.3 Å². The van der Waals surface area contributed by atoms with Crippen molar-refractivity contribution >= 4 is 54.6 Å². The van der Waals surface area contributed by atoms with E-state index >= 15 is 0 Å². The predicted molar refractivity (Wildman–Crippen MR) is 159 cm³/mol. The second-order valence-corrected chi connectivity index (χ2v) is 11.2. The van der Waals surface area contributed by atoms with Gasteiger partial charge in [-0.25, -0.2) is 9.97 Å². The average molecular weight is 507 g/mol. The summed E-state index contributed by atoms with van der Waals surface area (Å²) in [5.74, 6) is 1.55. The van der Waals surface area contributed by atoms with Crippen LogP contribution < -0.4 is 4.74 Å². The van der Waals surface area contributed by atoms with Crippen molar-refractivity contribution < 1.29 is 4.74 Å². The van der Waals surface area contributed by atoms with Crippen molar-refractivity contribution in [2.75, 3.05) is 0 Å². The van der Waals surface area contributed by atoms with Gasteiger partial charge in [0.2, 0.25) is 0 Å². The highest BCUT2D eigenvalue weighted by molar-refractivity contribution is 6.13. The van der Waals surface area contributed by atoms with Crippen LogP contribution in [0.3, 0.4) is 0 Å². The fraction of sp³-hybridized carbons (Fsp3) is 0.118. The highest BCUT2D eigenvalue weighted by Crippen LogP contribution is 2.38. The van der Waals surface area contributed by atoms with Crippen LogP contribution in [0, 0.1) is 0 Å². The van der Waals surface area contributed by atoms with E-state index in [-0.39, 0.29) is 5.41 Å². The van der Waals surface area contributed by atoms with E-state index in [1.807, 2.05) is 24.7 Å². The number of rotatable bonds is 2. The minimum absolute atomic E-state index is 0.00904. The summed E-state index contributed by atoms with van der Waals surface area (Å²) in [6.45, 7) is 6.78. The van der Waals surface area contributed by atoms with Crippen LogP contribution in [0.2, 0.25) is 0 Å². The number of fused-ring (bicyclic) bond motifs is 12. The smallest absolute Gasteiger partial charge is 0.145 e. The zero-order valence-corrected chi connectivity index (χ0v) is 22.0. The summed E-state index contributed by atoms with van der Waals surface area (Å²) in [5.41, 5.74) is 5.53. The van der Waals surface area contributed by atoms with Crippen LogP contribution in [-0.4, -0.2) is 18.8 Å². The van der Waals surface area contributed by atoms with E-state index in [0.717, 1.165) is 44.5 Å². The van der Waals surface area contributed by atoms with Gasteiger partial charge in [0, 0.05) is 46.3 Å². The first-order chi connectivity index (χ1) is 19.0. The Morgan fingerprint density at radius 2 is 1.21 bits per heavy atom. The van der Waals surface area contributed by atoms with Crippen molar-refractivity contribution in [1.82, 2.24) is 18.8 Å². The van der Waals surface area contributed by atoms with Crippen molar-refractivity contribution in [2.24, 2.45) is 0 Å². The van der Waals surface area contributed by atoms with E-state index in [4.69, 9.17) is 9.72 Å². The molecule has 0 saturated carbocycles. The van der Waals surface area contributed by atoms with Crippen LogP contribution >= 0.6 is 0 Å². The lowest BCUT2D eigenvalue weighted by molar-refractivity contribution is 0.484. The van der Waals surface area contributed by atoms with E-state index in [1.54, 1.807) is 0 Å². The van der Waals surface area contributed by atoms with Crippen LogP contribution in [0.25, 0.3) is 54.6 Å². The second-order valence-electron chi connectivity index (χ2n) is 11.2. The quantitative estimate of drug-likeness (QED) is 0.220. The van der Waals surface area contributed by atoms with Gasteiger partial charge in [0.1, 0.15) is 22.8 Å². The van der Waals surface area contributed by atoms with Gasteiger partial charge < -0.3 is 4.74 Å². The van der Waals surface area contributed by atoms with Gasteiger partial charge in [0.15, 0.2) is 0 Å². The molecule has 0 fully saturated rings. The number of aromatic nitrogens is 4. The molecule has 5 nitrogen and oxygen atoms in total. The standard InChI is InChI=1S/C34H26N4O/c1-34(2,3)29-9-6-8-26-24-14-12-22(20-28(24)33-36-16-18-38(33)31(26)29)39-21-11-13-23-25-7-4-5-10-30(25)37-17-15-35-32(37)27(23)19-21/h4-20H,1-3H3. The number of nitrogens with zero attached hydrogens (tertiary/aromatic N) is 4. The Balaban J connectivity index is 1.31. The largest absolute Gasteiger partial charge is 0.457 e. The van der Waals surface area contributed by atoms with E-state index in [1.165, 1.54) is 27.2 Å². The molecule has 0 radical (unpaired) electrons. The molecule has 8 aromatic rings. The van der Waals surface area contributed by atoms with Gasteiger partial charge in [-0.1, -0.05) is 57.2 Å². The Bertz CT molecular complexity index is 2250. The molecule has 0 atom stereocenters. The number of hydrogen-bond acceptors (Lipinski definition) is 3. The molecule has 188 valence electrons. The van der Waals surface area contributed by atoms with Crippen molar-refractivity contribution in [1.29, 1.82) is 0 Å². The Morgan fingerprint density at radius 1 is 0.590 bits per heavy atom. The Morgan fingerprint density at radius 3 is 1.92 bits per heavy atom. The molecule has 0 aliphatic rings. The predicted octanol–water partition coefficient (Wildman–Crippen LogP) is 8.68. The first-order valence-electron chi connectivity index (χ1n) is 13.2. The van der Waals surface area contributed by atoms with E-state index < -0.39 is 0 Å². The summed E-state index contributed by atoms with van der Waals surface area (Å²) >= 11 is 0. The maximum absolute atomic E-state index is 6.47. The van der Waals surface area contributed by atoms with Crippen molar-refractivity contribution in [3.8, 4) is 11.5 Å². The van der Waals surface area contributed by atoms with Gasteiger partial charge in [0.05, 0.1) is 11.0 Å². The van der Waals surface area contributed by atoms with Crippen LogP contribution in [0.4, 0.5) is 0 Å². The summed E-state index contributed by atoms with van der Waals surface area (Å²) in [5, 5.41) is 6.88. The maximum Gasteiger partial charge on any atom is 0.145 e. The van der Waals surface area contributed by atoms with E-state index in [2.05, 4.69) is 114 Å². The van der Waals surface area contributed by atoms with Crippen LogP contribution in [0.15, 0.2) is 104 Å². The summed E-state index contributed by atoms with van der Waals surface area (Å²) in [7, 11) is 0. The molecule has 0 spiro atoms. The highest BCUT2D eigenvalue weighted by atomic mass is 16.5. The lowest BCUT2D eigenvalue weighted by Gasteiger charge is -2.23. The minimum Gasteiger partial charge on any atom is -0.457 e. The molecule has 0 amide bonds. The second kappa shape index (κ2) is 7.81. The lowest BCUT2D eigenvalue weighted by Crippen LogP contribution is -2.13. The third kappa shape index (κ3) is 3.20. The first-order valence-corrected chi connectivity index (χ1v) is 13.2. The molecule has 4 aromatic heterocycles. The number of pyridine rings is 2. The number of imidazole rings is 2. The molecular weight excluding hydrogens is 480 g/mol. The van der Waals surface area contributed by atoms with E-state index in [9.17, 15) is 0 Å². The third-order valence-electron chi connectivity index (χ3n) is 7.81. The number of para-hydroxylation sites is 2. The van der Waals surface area contributed by atoms with Gasteiger partial charge in [0.25, 0.3) is 0 Å². The number of benzene rings is 4. The zero-order valence-electron chi connectivity index (χ0n) is 22.0. The first kappa shape index (κ1) is 22.1. The lowest BCUT2D eigenvalue weighted by atomic mass is 9.85. The fourth-order valence-electron chi connectivity index (χ4n) is 6.07. The Labute approximate surface area is 224 Å². The van der Waals surface area contributed by atoms with Gasteiger partial charge in [-0.2, -0.15) is 0 Å².